The molecule has 0 aromatic heterocycles. The van der Waals surface area contributed by atoms with Gasteiger partial charge in [-0.15, -0.1) is 0 Å². The lowest BCUT2D eigenvalue weighted by Gasteiger charge is -2.26. The maximum absolute atomic E-state index is 12.5. The van der Waals surface area contributed by atoms with E-state index in [1.807, 2.05) is 0 Å². The Balaban J connectivity index is 1.28. The van der Waals surface area contributed by atoms with Crippen LogP contribution in [0.3, 0.4) is 0 Å². The molecule has 1 amide bonds. The van der Waals surface area contributed by atoms with Crippen molar-refractivity contribution in [1.29, 1.82) is 0 Å². The predicted octanol–water partition coefficient (Wildman–Crippen LogP) is 1.79. The predicted molar refractivity (Wildman–Crippen MR) is 80.9 cm³/mol. The Labute approximate surface area is 127 Å². The van der Waals surface area contributed by atoms with Crippen LogP contribution in [0.4, 0.5) is 0 Å². The average molecular weight is 292 g/mol. The maximum Gasteiger partial charge on any atom is 0.234 e. The Kier molecular flexibility index (Phi) is 3.92. The quantitative estimate of drug-likeness (QED) is 0.741. The molecule has 3 aliphatic carbocycles. The summed E-state index contributed by atoms with van der Waals surface area (Å²) in [5.74, 6) is 2.49. The molecule has 1 heterocycles. The molecule has 4 rings (SSSR count). The summed E-state index contributed by atoms with van der Waals surface area (Å²) in [6.07, 6.45) is 9.02. The van der Waals surface area contributed by atoms with Gasteiger partial charge in [-0.05, 0) is 62.7 Å². The van der Waals surface area contributed by atoms with Crippen LogP contribution in [-0.4, -0.2) is 49.2 Å². The van der Waals surface area contributed by atoms with Crippen LogP contribution >= 0.6 is 0 Å². The zero-order valence-corrected chi connectivity index (χ0v) is 12.9. The maximum atomic E-state index is 12.5. The Morgan fingerprint density at radius 1 is 1.10 bits per heavy atom. The van der Waals surface area contributed by atoms with E-state index in [4.69, 9.17) is 4.74 Å². The number of hydrogen-bond donors (Lipinski definition) is 1. The number of amides is 1. The van der Waals surface area contributed by atoms with Gasteiger partial charge < -0.3 is 10.1 Å². The first kappa shape index (κ1) is 14.0. The molecular formula is C17H28N2O2. The number of carbonyl (C=O) groups excluding carboxylic acids is 1. The van der Waals surface area contributed by atoms with Crippen molar-refractivity contribution in [2.45, 2.75) is 57.0 Å². The van der Waals surface area contributed by atoms with Gasteiger partial charge in [-0.1, -0.05) is 0 Å². The molecule has 1 atom stereocenters. The third-order valence-corrected chi connectivity index (χ3v) is 5.51. The SMILES string of the molecule is O=C(CN(CC1CCOC1)C1CC1)NC(C1CC1)C1CC1. The number of hydrogen-bond acceptors (Lipinski definition) is 3. The van der Waals surface area contributed by atoms with Crippen molar-refractivity contribution in [2.75, 3.05) is 26.3 Å². The second kappa shape index (κ2) is 5.88. The lowest BCUT2D eigenvalue weighted by Crippen LogP contribution is -2.45. The second-order valence-corrected chi connectivity index (χ2v) is 7.66. The molecule has 0 aromatic carbocycles. The van der Waals surface area contributed by atoms with E-state index in [2.05, 4.69) is 10.2 Å². The van der Waals surface area contributed by atoms with E-state index in [0.717, 1.165) is 38.0 Å². The summed E-state index contributed by atoms with van der Waals surface area (Å²) < 4.78 is 5.48. The van der Waals surface area contributed by atoms with Crippen molar-refractivity contribution in [3.8, 4) is 0 Å². The lowest BCUT2D eigenvalue weighted by atomic mass is 10.1. The first-order valence-corrected chi connectivity index (χ1v) is 8.91. The molecule has 21 heavy (non-hydrogen) atoms. The highest BCUT2D eigenvalue weighted by atomic mass is 16.5. The minimum absolute atomic E-state index is 0.268. The highest BCUT2D eigenvalue weighted by molar-refractivity contribution is 5.78. The molecule has 1 unspecified atom stereocenters. The topological polar surface area (TPSA) is 41.6 Å². The minimum Gasteiger partial charge on any atom is -0.381 e. The van der Waals surface area contributed by atoms with Gasteiger partial charge in [0.25, 0.3) is 0 Å². The summed E-state index contributed by atoms with van der Waals surface area (Å²) in [7, 11) is 0. The number of ether oxygens (including phenoxy) is 1. The van der Waals surface area contributed by atoms with Crippen molar-refractivity contribution in [3.05, 3.63) is 0 Å². The Bertz CT molecular complexity index is 370. The largest absolute Gasteiger partial charge is 0.381 e. The molecule has 1 N–H and O–H groups in total. The number of nitrogens with zero attached hydrogens (tertiary/aromatic N) is 1. The third-order valence-electron chi connectivity index (χ3n) is 5.51. The monoisotopic (exact) mass is 292 g/mol. The van der Waals surface area contributed by atoms with Crippen LogP contribution < -0.4 is 5.32 Å². The van der Waals surface area contributed by atoms with Gasteiger partial charge in [0.2, 0.25) is 5.91 Å². The van der Waals surface area contributed by atoms with Crippen molar-refractivity contribution < 1.29 is 9.53 Å². The summed E-state index contributed by atoms with van der Waals surface area (Å²) >= 11 is 0. The molecule has 0 aromatic rings. The fourth-order valence-corrected chi connectivity index (χ4v) is 3.79. The average Bonchev–Trinajstić information content (AvgIpc) is 3.35. The molecule has 1 saturated heterocycles. The summed E-state index contributed by atoms with van der Waals surface area (Å²) in [6, 6.07) is 1.16. The fraction of sp³-hybridized carbons (Fsp3) is 0.941. The van der Waals surface area contributed by atoms with E-state index < -0.39 is 0 Å². The van der Waals surface area contributed by atoms with E-state index in [9.17, 15) is 4.79 Å². The molecular weight excluding hydrogens is 264 g/mol. The molecule has 4 nitrogen and oxygen atoms in total. The van der Waals surface area contributed by atoms with Gasteiger partial charge in [-0.25, -0.2) is 0 Å². The van der Waals surface area contributed by atoms with Gasteiger partial charge in [-0.2, -0.15) is 0 Å². The highest BCUT2D eigenvalue weighted by Crippen LogP contribution is 2.44. The summed E-state index contributed by atoms with van der Waals surface area (Å²) in [5, 5.41) is 3.37. The molecule has 4 aliphatic rings. The molecule has 0 spiro atoms. The fourth-order valence-electron chi connectivity index (χ4n) is 3.79. The molecule has 0 bridgehead atoms. The first-order chi connectivity index (χ1) is 10.3. The van der Waals surface area contributed by atoms with Crippen LogP contribution in [-0.2, 0) is 9.53 Å². The standard InChI is InChI=1S/C17H28N2O2/c20-16(18-17(13-1-2-13)14-3-4-14)10-19(15-5-6-15)9-12-7-8-21-11-12/h12-15,17H,1-11H2,(H,18,20). The van der Waals surface area contributed by atoms with Gasteiger partial charge in [-0.3, -0.25) is 9.69 Å². The smallest absolute Gasteiger partial charge is 0.234 e. The summed E-state index contributed by atoms with van der Waals surface area (Å²) in [4.78, 5) is 14.9. The van der Waals surface area contributed by atoms with E-state index in [0.29, 0.717) is 24.5 Å². The van der Waals surface area contributed by atoms with Crippen LogP contribution in [0.25, 0.3) is 0 Å². The molecule has 1 aliphatic heterocycles. The van der Waals surface area contributed by atoms with Crippen molar-refractivity contribution in [3.63, 3.8) is 0 Å². The Morgan fingerprint density at radius 2 is 1.81 bits per heavy atom. The molecule has 0 radical (unpaired) electrons. The highest BCUT2D eigenvalue weighted by Gasteiger charge is 2.42. The molecule has 4 fully saturated rings. The van der Waals surface area contributed by atoms with Crippen LogP contribution in [0.2, 0.25) is 0 Å². The van der Waals surface area contributed by atoms with Gasteiger partial charge in [0.1, 0.15) is 0 Å². The molecule has 118 valence electrons. The number of rotatable bonds is 8. The normalized spacial score (nSPS) is 29.3. The summed E-state index contributed by atoms with van der Waals surface area (Å²) in [5.41, 5.74) is 0. The van der Waals surface area contributed by atoms with E-state index in [-0.39, 0.29) is 5.91 Å². The van der Waals surface area contributed by atoms with Crippen molar-refractivity contribution >= 4 is 5.91 Å². The third kappa shape index (κ3) is 3.78. The Hall–Kier alpha value is -0.610. The molecule has 4 heteroatoms. The van der Waals surface area contributed by atoms with E-state index >= 15 is 0 Å². The van der Waals surface area contributed by atoms with E-state index in [1.54, 1.807) is 0 Å². The van der Waals surface area contributed by atoms with Crippen molar-refractivity contribution in [1.82, 2.24) is 10.2 Å². The van der Waals surface area contributed by atoms with Crippen LogP contribution in [0.1, 0.15) is 44.9 Å². The van der Waals surface area contributed by atoms with Crippen LogP contribution in [0, 0.1) is 17.8 Å². The van der Waals surface area contributed by atoms with Crippen LogP contribution in [0.15, 0.2) is 0 Å². The van der Waals surface area contributed by atoms with E-state index in [1.165, 1.54) is 38.5 Å². The molecule has 3 saturated carbocycles. The van der Waals surface area contributed by atoms with Gasteiger partial charge in [0, 0.05) is 25.2 Å². The second-order valence-electron chi connectivity index (χ2n) is 7.66. The first-order valence-electron chi connectivity index (χ1n) is 8.91. The van der Waals surface area contributed by atoms with Crippen molar-refractivity contribution in [2.24, 2.45) is 17.8 Å². The van der Waals surface area contributed by atoms with Gasteiger partial charge >= 0.3 is 0 Å². The van der Waals surface area contributed by atoms with Gasteiger partial charge in [0.15, 0.2) is 0 Å². The van der Waals surface area contributed by atoms with Crippen LogP contribution in [0.5, 0.6) is 0 Å². The number of nitrogens with one attached hydrogen (secondary N) is 1. The lowest BCUT2D eigenvalue weighted by molar-refractivity contribution is -0.123. The Morgan fingerprint density at radius 3 is 2.33 bits per heavy atom. The zero-order valence-electron chi connectivity index (χ0n) is 12.9. The number of carbonyl (C=O) groups is 1. The zero-order chi connectivity index (χ0) is 14.2. The minimum atomic E-state index is 0.268. The van der Waals surface area contributed by atoms with Gasteiger partial charge in [0.05, 0.1) is 13.2 Å². The summed E-state index contributed by atoms with van der Waals surface area (Å²) in [6.45, 7) is 3.45.